The van der Waals surface area contributed by atoms with Gasteiger partial charge in [-0.1, -0.05) is 0 Å². The van der Waals surface area contributed by atoms with Crippen LogP contribution in [0.4, 0.5) is 5.69 Å². The number of alkyl halides is 1. The van der Waals surface area contributed by atoms with Crippen LogP contribution in [0.3, 0.4) is 0 Å². The third kappa shape index (κ3) is 2.50. The van der Waals surface area contributed by atoms with Crippen LogP contribution < -0.4 is 4.90 Å². The summed E-state index contributed by atoms with van der Waals surface area (Å²) in [7, 11) is 0. The van der Waals surface area contributed by atoms with Crippen LogP contribution in [-0.4, -0.2) is 36.2 Å². The Balaban J connectivity index is 2.21. The van der Waals surface area contributed by atoms with Gasteiger partial charge in [-0.3, -0.25) is 4.98 Å². The van der Waals surface area contributed by atoms with Crippen LogP contribution in [0.25, 0.3) is 0 Å². The molecule has 5 heteroatoms. The van der Waals surface area contributed by atoms with Crippen molar-refractivity contribution in [1.82, 2.24) is 4.98 Å². The number of anilines is 1. The second kappa shape index (κ2) is 5.34. The van der Waals surface area contributed by atoms with Gasteiger partial charge in [-0.05, 0) is 28.9 Å². The standard InChI is InChI=1S/C11H14BrClN2O/c1-8-7-16-9(4-13)6-15(8)11-2-3-14-5-10(11)12/h2-3,5,8-9H,4,6-7H2,1H3. The minimum Gasteiger partial charge on any atom is -0.373 e. The number of pyridine rings is 1. The van der Waals surface area contributed by atoms with Crippen molar-refractivity contribution in [3.05, 3.63) is 22.9 Å². The van der Waals surface area contributed by atoms with E-state index in [1.807, 2.05) is 12.3 Å². The number of hydrogen-bond acceptors (Lipinski definition) is 3. The van der Waals surface area contributed by atoms with Gasteiger partial charge in [-0.2, -0.15) is 0 Å². The van der Waals surface area contributed by atoms with Gasteiger partial charge in [0.25, 0.3) is 0 Å². The number of ether oxygens (including phenoxy) is 1. The fourth-order valence-electron chi connectivity index (χ4n) is 1.85. The molecule has 2 atom stereocenters. The summed E-state index contributed by atoms with van der Waals surface area (Å²) < 4.78 is 6.64. The van der Waals surface area contributed by atoms with Gasteiger partial charge in [0.15, 0.2) is 0 Å². The molecular formula is C11H14BrClN2O. The number of morpholine rings is 1. The Hall–Kier alpha value is -0.320. The normalized spacial score (nSPS) is 25.8. The summed E-state index contributed by atoms with van der Waals surface area (Å²) >= 11 is 9.37. The monoisotopic (exact) mass is 304 g/mol. The Labute approximate surface area is 109 Å². The first-order chi connectivity index (χ1) is 7.72. The average Bonchev–Trinajstić information content (AvgIpc) is 2.31. The van der Waals surface area contributed by atoms with E-state index in [1.165, 1.54) is 0 Å². The van der Waals surface area contributed by atoms with Gasteiger partial charge in [0.1, 0.15) is 0 Å². The summed E-state index contributed by atoms with van der Waals surface area (Å²) in [4.78, 5) is 6.38. The first-order valence-electron chi connectivity index (χ1n) is 5.26. The van der Waals surface area contributed by atoms with E-state index in [2.05, 4.69) is 32.7 Å². The van der Waals surface area contributed by atoms with Crippen molar-refractivity contribution in [2.45, 2.75) is 19.1 Å². The third-order valence-electron chi connectivity index (χ3n) is 2.74. The molecular weight excluding hydrogens is 291 g/mol. The number of halogens is 2. The third-order valence-corrected chi connectivity index (χ3v) is 3.69. The molecule has 0 N–H and O–H groups in total. The molecule has 0 aromatic carbocycles. The van der Waals surface area contributed by atoms with E-state index >= 15 is 0 Å². The Kier molecular flexibility index (Phi) is 4.05. The minimum atomic E-state index is 0.109. The zero-order valence-corrected chi connectivity index (χ0v) is 11.4. The van der Waals surface area contributed by atoms with Crippen LogP contribution in [0.5, 0.6) is 0 Å². The van der Waals surface area contributed by atoms with Gasteiger partial charge >= 0.3 is 0 Å². The van der Waals surface area contributed by atoms with Crippen LogP contribution in [0, 0.1) is 0 Å². The lowest BCUT2D eigenvalue weighted by Crippen LogP contribution is -2.49. The Morgan fingerprint density at radius 1 is 1.69 bits per heavy atom. The SMILES string of the molecule is CC1COC(CCl)CN1c1ccncc1Br. The molecule has 0 spiro atoms. The summed E-state index contributed by atoms with van der Waals surface area (Å²) in [5, 5.41) is 0. The highest BCUT2D eigenvalue weighted by Gasteiger charge is 2.26. The number of rotatable bonds is 2. The zero-order chi connectivity index (χ0) is 11.5. The molecule has 0 bridgehead atoms. The summed E-state index contributed by atoms with van der Waals surface area (Å²) in [6.45, 7) is 3.69. The van der Waals surface area contributed by atoms with Gasteiger partial charge in [0, 0.05) is 25.0 Å². The summed E-state index contributed by atoms with van der Waals surface area (Å²) in [6, 6.07) is 2.37. The van der Waals surface area contributed by atoms with E-state index in [1.54, 1.807) is 6.20 Å². The highest BCUT2D eigenvalue weighted by molar-refractivity contribution is 9.10. The second-order valence-electron chi connectivity index (χ2n) is 3.94. The predicted molar refractivity (Wildman–Crippen MR) is 69.2 cm³/mol. The van der Waals surface area contributed by atoms with Crippen molar-refractivity contribution >= 4 is 33.2 Å². The summed E-state index contributed by atoms with van der Waals surface area (Å²) in [5.74, 6) is 0.534. The van der Waals surface area contributed by atoms with Crippen molar-refractivity contribution in [3.63, 3.8) is 0 Å². The topological polar surface area (TPSA) is 25.4 Å². The van der Waals surface area contributed by atoms with Gasteiger partial charge < -0.3 is 9.64 Å². The van der Waals surface area contributed by atoms with Gasteiger partial charge in [-0.25, -0.2) is 0 Å². The minimum absolute atomic E-state index is 0.109. The fourth-order valence-corrected chi connectivity index (χ4v) is 2.51. The van der Waals surface area contributed by atoms with Crippen LogP contribution in [0.2, 0.25) is 0 Å². The van der Waals surface area contributed by atoms with Crippen molar-refractivity contribution < 1.29 is 4.74 Å². The Morgan fingerprint density at radius 2 is 2.50 bits per heavy atom. The first kappa shape index (κ1) is 12.1. The van der Waals surface area contributed by atoms with Crippen molar-refractivity contribution in [2.75, 3.05) is 23.9 Å². The molecule has 2 unspecified atom stereocenters. The van der Waals surface area contributed by atoms with Crippen LogP contribution >= 0.6 is 27.5 Å². The Morgan fingerprint density at radius 3 is 3.19 bits per heavy atom. The van der Waals surface area contributed by atoms with E-state index in [-0.39, 0.29) is 6.10 Å². The maximum Gasteiger partial charge on any atom is 0.0886 e. The van der Waals surface area contributed by atoms with Gasteiger partial charge in [-0.15, -0.1) is 11.6 Å². The molecule has 1 fully saturated rings. The quantitative estimate of drug-likeness (QED) is 0.786. The molecule has 1 aromatic heterocycles. The fraction of sp³-hybridized carbons (Fsp3) is 0.545. The second-order valence-corrected chi connectivity index (χ2v) is 5.10. The molecule has 3 nitrogen and oxygen atoms in total. The van der Waals surface area contributed by atoms with E-state index in [0.717, 1.165) is 16.7 Å². The number of nitrogens with zero attached hydrogens (tertiary/aromatic N) is 2. The molecule has 0 aliphatic carbocycles. The molecule has 16 heavy (non-hydrogen) atoms. The molecule has 88 valence electrons. The van der Waals surface area contributed by atoms with E-state index in [9.17, 15) is 0 Å². The lowest BCUT2D eigenvalue weighted by atomic mass is 10.2. The molecule has 1 saturated heterocycles. The summed E-state index contributed by atoms with van der Waals surface area (Å²) in [6.07, 6.45) is 3.73. The van der Waals surface area contributed by atoms with E-state index < -0.39 is 0 Å². The molecule has 0 saturated carbocycles. The van der Waals surface area contributed by atoms with Crippen LogP contribution in [0.15, 0.2) is 22.9 Å². The zero-order valence-electron chi connectivity index (χ0n) is 9.07. The van der Waals surface area contributed by atoms with Crippen LogP contribution in [-0.2, 0) is 4.74 Å². The molecule has 2 heterocycles. The molecule has 0 radical (unpaired) electrons. The van der Waals surface area contributed by atoms with Crippen molar-refractivity contribution in [2.24, 2.45) is 0 Å². The highest BCUT2D eigenvalue weighted by atomic mass is 79.9. The molecule has 1 aromatic rings. The van der Waals surface area contributed by atoms with Crippen molar-refractivity contribution in [1.29, 1.82) is 0 Å². The first-order valence-corrected chi connectivity index (χ1v) is 6.59. The Bertz CT molecular complexity index is 364. The average molecular weight is 306 g/mol. The maximum atomic E-state index is 5.84. The number of aromatic nitrogens is 1. The van der Waals surface area contributed by atoms with E-state index in [4.69, 9.17) is 16.3 Å². The smallest absolute Gasteiger partial charge is 0.0886 e. The lowest BCUT2D eigenvalue weighted by molar-refractivity contribution is 0.0364. The molecule has 2 rings (SSSR count). The van der Waals surface area contributed by atoms with Gasteiger partial charge in [0.2, 0.25) is 0 Å². The molecule has 0 amide bonds. The highest BCUT2D eigenvalue weighted by Crippen LogP contribution is 2.28. The largest absolute Gasteiger partial charge is 0.373 e. The number of hydrogen-bond donors (Lipinski definition) is 0. The van der Waals surface area contributed by atoms with Crippen LogP contribution in [0.1, 0.15) is 6.92 Å². The predicted octanol–water partition coefficient (Wildman–Crippen LogP) is 2.68. The maximum absolute atomic E-state index is 5.84. The molecule has 1 aliphatic heterocycles. The van der Waals surface area contributed by atoms with Gasteiger partial charge in [0.05, 0.1) is 28.8 Å². The van der Waals surface area contributed by atoms with Crippen molar-refractivity contribution in [3.8, 4) is 0 Å². The lowest BCUT2D eigenvalue weighted by Gasteiger charge is -2.39. The van der Waals surface area contributed by atoms with E-state index in [0.29, 0.717) is 18.5 Å². The summed E-state index contributed by atoms with van der Waals surface area (Å²) in [5.41, 5.74) is 1.15. The molecule has 1 aliphatic rings.